The third-order valence-electron chi connectivity index (χ3n) is 5.94. The SMILES string of the molecule is CC1CC(C(=O)O)CN(C(=O)NCc2ccccc2CN2CCCCCC2)C1. The van der Waals surface area contributed by atoms with Gasteiger partial charge in [-0.25, -0.2) is 4.79 Å². The molecular weight excluding hydrogens is 354 g/mol. The van der Waals surface area contributed by atoms with E-state index in [4.69, 9.17) is 0 Å². The first kappa shape index (κ1) is 20.6. The summed E-state index contributed by atoms with van der Waals surface area (Å²) in [6.07, 6.45) is 5.80. The summed E-state index contributed by atoms with van der Waals surface area (Å²) >= 11 is 0. The van der Waals surface area contributed by atoms with Gasteiger partial charge in [0.2, 0.25) is 0 Å². The molecule has 1 aromatic rings. The number of benzene rings is 1. The molecule has 2 saturated heterocycles. The Hall–Kier alpha value is -2.08. The van der Waals surface area contributed by atoms with Crippen molar-refractivity contribution in [3.8, 4) is 0 Å². The Balaban J connectivity index is 1.58. The Labute approximate surface area is 167 Å². The summed E-state index contributed by atoms with van der Waals surface area (Å²) in [6.45, 7) is 6.60. The molecule has 6 heteroatoms. The van der Waals surface area contributed by atoms with E-state index in [0.717, 1.165) is 25.2 Å². The number of aliphatic carboxylic acids is 1. The average molecular weight is 388 g/mol. The predicted molar refractivity (Wildman–Crippen MR) is 109 cm³/mol. The summed E-state index contributed by atoms with van der Waals surface area (Å²) in [7, 11) is 0. The fraction of sp³-hybridized carbons (Fsp3) is 0.636. The first-order valence-electron chi connectivity index (χ1n) is 10.6. The molecule has 2 fully saturated rings. The second-order valence-electron chi connectivity index (χ2n) is 8.40. The van der Waals surface area contributed by atoms with Crippen molar-refractivity contribution in [1.29, 1.82) is 0 Å². The van der Waals surface area contributed by atoms with Gasteiger partial charge in [0, 0.05) is 26.2 Å². The molecule has 0 aliphatic carbocycles. The van der Waals surface area contributed by atoms with Crippen LogP contribution in [0.4, 0.5) is 4.79 Å². The van der Waals surface area contributed by atoms with Crippen molar-refractivity contribution in [2.24, 2.45) is 11.8 Å². The lowest BCUT2D eigenvalue weighted by molar-refractivity contribution is -0.143. The van der Waals surface area contributed by atoms with Gasteiger partial charge in [-0.1, -0.05) is 44.0 Å². The molecule has 2 amide bonds. The van der Waals surface area contributed by atoms with Crippen molar-refractivity contribution in [1.82, 2.24) is 15.1 Å². The van der Waals surface area contributed by atoms with Crippen LogP contribution in [-0.2, 0) is 17.9 Å². The van der Waals surface area contributed by atoms with E-state index in [9.17, 15) is 14.7 Å². The quantitative estimate of drug-likeness (QED) is 0.813. The van der Waals surface area contributed by atoms with Gasteiger partial charge in [0.25, 0.3) is 0 Å². The zero-order chi connectivity index (χ0) is 19.9. The van der Waals surface area contributed by atoms with Gasteiger partial charge in [-0.15, -0.1) is 0 Å². The first-order chi connectivity index (χ1) is 13.5. The number of urea groups is 1. The average Bonchev–Trinajstić information content (AvgIpc) is 2.95. The highest BCUT2D eigenvalue weighted by atomic mass is 16.4. The number of hydrogen-bond donors (Lipinski definition) is 2. The van der Waals surface area contributed by atoms with Crippen LogP contribution in [0.15, 0.2) is 24.3 Å². The molecule has 2 N–H and O–H groups in total. The van der Waals surface area contributed by atoms with Gasteiger partial charge in [-0.2, -0.15) is 0 Å². The molecule has 2 aliphatic heterocycles. The van der Waals surface area contributed by atoms with Gasteiger partial charge in [0.1, 0.15) is 0 Å². The lowest BCUT2D eigenvalue weighted by Crippen LogP contribution is -2.49. The lowest BCUT2D eigenvalue weighted by Gasteiger charge is -2.34. The summed E-state index contributed by atoms with van der Waals surface area (Å²) in [6, 6.07) is 8.13. The van der Waals surface area contributed by atoms with Crippen molar-refractivity contribution in [3.05, 3.63) is 35.4 Å². The van der Waals surface area contributed by atoms with Gasteiger partial charge in [0.15, 0.2) is 0 Å². The van der Waals surface area contributed by atoms with E-state index in [1.165, 1.54) is 31.2 Å². The molecule has 0 radical (unpaired) electrons. The minimum atomic E-state index is -0.813. The normalized spacial score (nSPS) is 23.8. The van der Waals surface area contributed by atoms with Crippen molar-refractivity contribution in [2.75, 3.05) is 26.2 Å². The molecule has 0 spiro atoms. The lowest BCUT2D eigenvalue weighted by atomic mass is 9.91. The number of piperidine rings is 1. The molecule has 6 nitrogen and oxygen atoms in total. The molecule has 0 aromatic heterocycles. The van der Waals surface area contributed by atoms with Gasteiger partial charge < -0.3 is 15.3 Å². The molecular formula is C22H33N3O3. The topological polar surface area (TPSA) is 72.9 Å². The van der Waals surface area contributed by atoms with E-state index in [1.807, 2.05) is 13.0 Å². The minimum absolute atomic E-state index is 0.164. The second-order valence-corrected chi connectivity index (χ2v) is 8.40. The van der Waals surface area contributed by atoms with Crippen LogP contribution in [0.2, 0.25) is 0 Å². The van der Waals surface area contributed by atoms with Crippen molar-refractivity contribution in [3.63, 3.8) is 0 Å². The Morgan fingerprint density at radius 1 is 1.07 bits per heavy atom. The Morgan fingerprint density at radius 2 is 1.75 bits per heavy atom. The zero-order valence-corrected chi connectivity index (χ0v) is 16.9. The summed E-state index contributed by atoms with van der Waals surface area (Å²) in [5.74, 6) is -1.08. The van der Waals surface area contributed by atoms with Gasteiger partial charge in [-0.3, -0.25) is 9.69 Å². The molecule has 2 aliphatic rings. The number of carboxylic acids is 1. The van der Waals surface area contributed by atoms with Crippen molar-refractivity contribution >= 4 is 12.0 Å². The maximum atomic E-state index is 12.6. The number of carboxylic acid groups (broad SMARTS) is 1. The molecule has 2 unspecified atom stereocenters. The van der Waals surface area contributed by atoms with E-state index in [2.05, 4.69) is 28.4 Å². The number of rotatable bonds is 5. The number of carbonyl (C=O) groups excluding carboxylic acids is 1. The molecule has 0 saturated carbocycles. The van der Waals surface area contributed by atoms with Crippen LogP contribution in [0.1, 0.15) is 50.2 Å². The van der Waals surface area contributed by atoms with Crippen LogP contribution in [0.5, 0.6) is 0 Å². The number of likely N-dealkylation sites (tertiary alicyclic amines) is 2. The van der Waals surface area contributed by atoms with Crippen LogP contribution in [-0.4, -0.2) is 53.1 Å². The molecule has 28 heavy (non-hydrogen) atoms. The fourth-order valence-corrected chi connectivity index (χ4v) is 4.40. The third-order valence-corrected chi connectivity index (χ3v) is 5.94. The van der Waals surface area contributed by atoms with E-state index in [1.54, 1.807) is 4.90 Å². The molecule has 2 heterocycles. The van der Waals surface area contributed by atoms with Crippen LogP contribution in [0.25, 0.3) is 0 Å². The number of amides is 2. The summed E-state index contributed by atoms with van der Waals surface area (Å²) in [5, 5.41) is 12.3. The fourth-order valence-electron chi connectivity index (χ4n) is 4.40. The third kappa shape index (κ3) is 5.71. The van der Waals surface area contributed by atoms with Crippen LogP contribution < -0.4 is 5.32 Å². The number of hydrogen-bond acceptors (Lipinski definition) is 3. The Morgan fingerprint density at radius 3 is 2.43 bits per heavy atom. The molecule has 0 bridgehead atoms. The van der Waals surface area contributed by atoms with E-state index in [-0.39, 0.29) is 11.9 Å². The highest BCUT2D eigenvalue weighted by Crippen LogP contribution is 2.22. The largest absolute Gasteiger partial charge is 0.481 e. The van der Waals surface area contributed by atoms with Crippen molar-refractivity contribution < 1.29 is 14.7 Å². The molecule has 1 aromatic carbocycles. The van der Waals surface area contributed by atoms with Gasteiger partial charge in [0.05, 0.1) is 5.92 Å². The number of carbonyl (C=O) groups is 2. The van der Waals surface area contributed by atoms with Gasteiger partial charge in [-0.05, 0) is 49.4 Å². The molecule has 2 atom stereocenters. The minimum Gasteiger partial charge on any atom is -0.481 e. The van der Waals surface area contributed by atoms with Gasteiger partial charge >= 0.3 is 12.0 Å². The second kappa shape index (κ2) is 9.92. The first-order valence-corrected chi connectivity index (χ1v) is 10.6. The Kier molecular flexibility index (Phi) is 7.31. The smallest absolute Gasteiger partial charge is 0.317 e. The highest BCUT2D eigenvalue weighted by molar-refractivity contribution is 5.76. The molecule has 154 valence electrons. The van der Waals surface area contributed by atoms with Crippen LogP contribution in [0.3, 0.4) is 0 Å². The standard InChI is InChI=1S/C22H33N3O3/c1-17-12-20(21(26)27)16-25(14-17)22(28)23-13-18-8-4-5-9-19(18)15-24-10-6-2-3-7-11-24/h4-5,8-9,17,20H,2-3,6-7,10-16H2,1H3,(H,23,28)(H,26,27). The van der Waals surface area contributed by atoms with Crippen LogP contribution >= 0.6 is 0 Å². The van der Waals surface area contributed by atoms with E-state index in [0.29, 0.717) is 26.1 Å². The predicted octanol–water partition coefficient (Wildman–Crippen LogP) is 3.31. The molecule has 3 rings (SSSR count). The zero-order valence-electron chi connectivity index (χ0n) is 16.9. The van der Waals surface area contributed by atoms with E-state index >= 15 is 0 Å². The van der Waals surface area contributed by atoms with E-state index < -0.39 is 11.9 Å². The Bertz CT molecular complexity index is 671. The summed E-state index contributed by atoms with van der Waals surface area (Å²) in [5.41, 5.74) is 2.40. The van der Waals surface area contributed by atoms with Crippen LogP contribution in [0, 0.1) is 11.8 Å². The number of nitrogens with one attached hydrogen (secondary N) is 1. The monoisotopic (exact) mass is 387 g/mol. The summed E-state index contributed by atoms with van der Waals surface area (Å²) in [4.78, 5) is 28.2. The highest BCUT2D eigenvalue weighted by Gasteiger charge is 2.31. The maximum Gasteiger partial charge on any atom is 0.317 e. The maximum absolute atomic E-state index is 12.6. The summed E-state index contributed by atoms with van der Waals surface area (Å²) < 4.78 is 0. The number of nitrogens with zero attached hydrogens (tertiary/aromatic N) is 2. The van der Waals surface area contributed by atoms with Crippen molar-refractivity contribution in [2.45, 2.75) is 52.1 Å².